The van der Waals surface area contributed by atoms with Crippen molar-refractivity contribution in [1.29, 1.82) is 0 Å². The lowest BCUT2D eigenvalue weighted by Crippen LogP contribution is -2.27. The van der Waals surface area contributed by atoms with Crippen molar-refractivity contribution in [2.45, 2.75) is 20.3 Å². The van der Waals surface area contributed by atoms with Crippen molar-refractivity contribution in [3.8, 4) is 0 Å². The van der Waals surface area contributed by atoms with Gasteiger partial charge in [-0.3, -0.25) is 9.59 Å². The van der Waals surface area contributed by atoms with Gasteiger partial charge in [0.2, 0.25) is 11.8 Å². The molecule has 0 aromatic rings. The summed E-state index contributed by atoms with van der Waals surface area (Å²) in [5.74, 6) is -2.42. The van der Waals surface area contributed by atoms with Gasteiger partial charge in [0, 0.05) is 12.1 Å². The van der Waals surface area contributed by atoms with Crippen LogP contribution >= 0.6 is 0 Å². The number of esters is 1. The number of nitrogens with two attached hydrogens (primary N) is 1. The Morgan fingerprint density at radius 2 is 2.12 bits per heavy atom. The first-order valence-electron chi connectivity index (χ1n) is 4.94. The molecule has 0 radical (unpaired) electrons. The standard InChI is InChI=1S/C10H14N2O4/c1-3-16-10(15)8-5(2)12-9(14)6(8)4-7(11)13/h6H,3-4H2,1-2H3,(H2,11,13)(H,12,14)/t6-/m1/s1. The van der Waals surface area contributed by atoms with Crippen LogP contribution in [0.1, 0.15) is 20.3 Å². The van der Waals surface area contributed by atoms with E-state index >= 15 is 0 Å². The van der Waals surface area contributed by atoms with Crippen LogP contribution in [0.25, 0.3) is 0 Å². The summed E-state index contributed by atoms with van der Waals surface area (Å²) in [6.45, 7) is 3.47. The second kappa shape index (κ2) is 4.78. The summed E-state index contributed by atoms with van der Waals surface area (Å²) in [4.78, 5) is 33.8. The fraction of sp³-hybridized carbons (Fsp3) is 0.500. The summed E-state index contributed by atoms with van der Waals surface area (Å²) in [5.41, 5.74) is 5.65. The molecule has 6 heteroatoms. The number of nitrogens with one attached hydrogen (secondary N) is 1. The Hall–Kier alpha value is -1.85. The van der Waals surface area contributed by atoms with Crippen molar-refractivity contribution >= 4 is 17.8 Å². The summed E-state index contributed by atoms with van der Waals surface area (Å²) in [7, 11) is 0. The zero-order chi connectivity index (χ0) is 12.3. The molecule has 0 aromatic carbocycles. The predicted molar refractivity (Wildman–Crippen MR) is 54.8 cm³/mol. The SMILES string of the molecule is CCOC(=O)C1=C(C)NC(=O)[C@@H]1CC(N)=O. The number of carbonyl (C=O) groups is 3. The molecule has 3 N–H and O–H groups in total. The number of carbonyl (C=O) groups excluding carboxylic acids is 3. The third-order valence-electron chi connectivity index (χ3n) is 2.28. The highest BCUT2D eigenvalue weighted by atomic mass is 16.5. The average molecular weight is 226 g/mol. The van der Waals surface area contributed by atoms with Crippen molar-refractivity contribution in [2.24, 2.45) is 11.7 Å². The number of allylic oxidation sites excluding steroid dienone is 1. The third kappa shape index (κ3) is 2.39. The van der Waals surface area contributed by atoms with E-state index in [4.69, 9.17) is 10.5 Å². The van der Waals surface area contributed by atoms with E-state index in [0.717, 1.165) is 0 Å². The van der Waals surface area contributed by atoms with Crippen molar-refractivity contribution < 1.29 is 19.1 Å². The second-order valence-corrected chi connectivity index (χ2v) is 3.47. The van der Waals surface area contributed by atoms with E-state index in [1.807, 2.05) is 0 Å². The maximum Gasteiger partial charge on any atom is 0.336 e. The molecule has 0 aromatic heterocycles. The van der Waals surface area contributed by atoms with E-state index in [0.29, 0.717) is 5.70 Å². The maximum atomic E-state index is 11.6. The third-order valence-corrected chi connectivity index (χ3v) is 2.28. The number of primary amides is 1. The molecule has 0 aliphatic carbocycles. The van der Waals surface area contributed by atoms with E-state index in [2.05, 4.69) is 5.32 Å². The van der Waals surface area contributed by atoms with E-state index in [1.54, 1.807) is 13.8 Å². The van der Waals surface area contributed by atoms with Gasteiger partial charge in [0.1, 0.15) is 0 Å². The van der Waals surface area contributed by atoms with E-state index in [9.17, 15) is 14.4 Å². The molecule has 1 aliphatic heterocycles. The summed E-state index contributed by atoms with van der Waals surface area (Å²) in [6, 6.07) is 0. The van der Waals surface area contributed by atoms with Gasteiger partial charge in [-0.25, -0.2) is 4.79 Å². The van der Waals surface area contributed by atoms with E-state index in [1.165, 1.54) is 0 Å². The first-order valence-corrected chi connectivity index (χ1v) is 4.94. The Labute approximate surface area is 92.8 Å². The van der Waals surface area contributed by atoms with Gasteiger partial charge < -0.3 is 15.8 Å². The van der Waals surface area contributed by atoms with Crippen LogP contribution in [0.5, 0.6) is 0 Å². The molecule has 1 aliphatic rings. The monoisotopic (exact) mass is 226 g/mol. The van der Waals surface area contributed by atoms with Crippen LogP contribution in [-0.2, 0) is 19.1 Å². The largest absolute Gasteiger partial charge is 0.463 e. The van der Waals surface area contributed by atoms with Gasteiger partial charge >= 0.3 is 5.97 Å². The summed E-state index contributed by atoms with van der Waals surface area (Å²) >= 11 is 0. The minimum absolute atomic E-state index is 0.183. The molecule has 0 fully saturated rings. The molecule has 0 saturated heterocycles. The van der Waals surface area contributed by atoms with Gasteiger partial charge in [0.15, 0.2) is 0 Å². The molecule has 2 amide bonds. The molecule has 6 nitrogen and oxygen atoms in total. The lowest BCUT2D eigenvalue weighted by molar-refractivity contribution is -0.140. The van der Waals surface area contributed by atoms with Crippen molar-refractivity contribution in [1.82, 2.24) is 5.32 Å². The minimum atomic E-state index is -0.823. The van der Waals surface area contributed by atoms with Crippen LogP contribution in [0, 0.1) is 5.92 Å². The first-order chi connectivity index (χ1) is 7.47. The molecule has 0 saturated carbocycles. The Kier molecular flexibility index (Phi) is 3.65. The molecule has 16 heavy (non-hydrogen) atoms. The van der Waals surface area contributed by atoms with Crippen molar-refractivity contribution in [3.63, 3.8) is 0 Å². The minimum Gasteiger partial charge on any atom is -0.463 e. The number of ether oxygens (including phenoxy) is 1. The second-order valence-electron chi connectivity index (χ2n) is 3.47. The number of hydrogen-bond donors (Lipinski definition) is 2. The molecule has 0 unspecified atom stereocenters. The van der Waals surface area contributed by atoms with Crippen LogP contribution in [-0.4, -0.2) is 24.4 Å². The summed E-state index contributed by atoms with van der Waals surface area (Å²) in [5, 5.41) is 2.49. The fourth-order valence-electron chi connectivity index (χ4n) is 1.63. The van der Waals surface area contributed by atoms with Gasteiger partial charge in [-0.15, -0.1) is 0 Å². The highest BCUT2D eigenvalue weighted by molar-refractivity contribution is 6.03. The van der Waals surface area contributed by atoms with Crippen LogP contribution in [0.2, 0.25) is 0 Å². The Balaban J connectivity index is 2.92. The van der Waals surface area contributed by atoms with Gasteiger partial charge in [-0.05, 0) is 13.8 Å². The van der Waals surface area contributed by atoms with Crippen LogP contribution in [0.15, 0.2) is 11.3 Å². The highest BCUT2D eigenvalue weighted by Gasteiger charge is 2.37. The number of amides is 2. The zero-order valence-corrected chi connectivity index (χ0v) is 9.20. The topological polar surface area (TPSA) is 98.5 Å². The molecule has 1 heterocycles. The van der Waals surface area contributed by atoms with Crippen molar-refractivity contribution in [3.05, 3.63) is 11.3 Å². The van der Waals surface area contributed by atoms with Gasteiger partial charge in [0.25, 0.3) is 0 Å². The molecular weight excluding hydrogens is 212 g/mol. The number of rotatable bonds is 4. The van der Waals surface area contributed by atoms with Gasteiger partial charge in [0.05, 0.1) is 18.1 Å². The van der Waals surface area contributed by atoms with Gasteiger partial charge in [-0.1, -0.05) is 0 Å². The van der Waals surface area contributed by atoms with Crippen LogP contribution in [0.4, 0.5) is 0 Å². The smallest absolute Gasteiger partial charge is 0.336 e. The quantitative estimate of drug-likeness (QED) is 0.628. The summed E-state index contributed by atoms with van der Waals surface area (Å²) < 4.78 is 4.82. The van der Waals surface area contributed by atoms with Crippen molar-refractivity contribution in [2.75, 3.05) is 6.61 Å². The van der Waals surface area contributed by atoms with E-state index < -0.39 is 17.8 Å². The normalized spacial score (nSPS) is 19.6. The molecular formula is C10H14N2O4. The molecule has 1 atom stereocenters. The van der Waals surface area contributed by atoms with E-state index in [-0.39, 0.29) is 24.5 Å². The van der Waals surface area contributed by atoms with Crippen LogP contribution < -0.4 is 11.1 Å². The lowest BCUT2D eigenvalue weighted by Gasteiger charge is -2.09. The maximum absolute atomic E-state index is 11.6. The first kappa shape index (κ1) is 12.2. The Bertz CT molecular complexity index is 373. The van der Waals surface area contributed by atoms with Crippen LogP contribution in [0.3, 0.4) is 0 Å². The summed E-state index contributed by atoms with van der Waals surface area (Å²) in [6.07, 6.45) is -0.183. The number of hydrogen-bond acceptors (Lipinski definition) is 4. The Morgan fingerprint density at radius 3 is 2.62 bits per heavy atom. The van der Waals surface area contributed by atoms with Gasteiger partial charge in [-0.2, -0.15) is 0 Å². The zero-order valence-electron chi connectivity index (χ0n) is 9.20. The molecule has 88 valence electrons. The molecule has 0 spiro atoms. The Morgan fingerprint density at radius 1 is 1.50 bits per heavy atom. The molecule has 0 bridgehead atoms. The fourth-order valence-corrected chi connectivity index (χ4v) is 1.63. The lowest BCUT2D eigenvalue weighted by atomic mass is 9.96. The average Bonchev–Trinajstić information content (AvgIpc) is 2.41. The molecule has 1 rings (SSSR count). The highest BCUT2D eigenvalue weighted by Crippen LogP contribution is 2.25. The predicted octanol–water partition coefficient (Wildman–Crippen LogP) is -0.555.